The number of nitrogens with zero attached hydrogens (tertiary/aromatic N) is 3. The first-order chi connectivity index (χ1) is 9.41. The Labute approximate surface area is 119 Å². The lowest BCUT2D eigenvalue weighted by Gasteiger charge is -2.21. The Bertz CT molecular complexity index is 576. The Morgan fingerprint density at radius 3 is 2.90 bits per heavy atom. The summed E-state index contributed by atoms with van der Waals surface area (Å²) in [6.45, 7) is 2.77. The molecule has 2 heterocycles. The summed E-state index contributed by atoms with van der Waals surface area (Å²) in [5, 5.41) is 11.8. The number of sulfonamides is 1. The molecule has 0 unspecified atom stereocenters. The number of aromatic nitrogens is 2. The zero-order valence-corrected chi connectivity index (χ0v) is 12.5. The molecule has 112 valence electrons. The number of aryl methyl sites for hydroxylation is 1. The standard InChI is InChI=1S/C12H20N4O3S/c1-9-8-11(13-5-7-17)15-12(14-9)10-4-3-6-16(10)20(2,18)19/h8,10,17H,3-7H2,1-2H3,(H,13,14,15)/t10-/m0/s1. The molecule has 1 aliphatic heterocycles. The third-order valence-corrected chi connectivity index (χ3v) is 4.51. The maximum Gasteiger partial charge on any atom is 0.211 e. The van der Waals surface area contributed by atoms with Crippen LogP contribution in [0.5, 0.6) is 0 Å². The summed E-state index contributed by atoms with van der Waals surface area (Å²) >= 11 is 0. The van der Waals surface area contributed by atoms with E-state index in [1.165, 1.54) is 10.6 Å². The molecular formula is C12H20N4O3S. The lowest BCUT2D eigenvalue weighted by molar-refractivity contribution is 0.311. The summed E-state index contributed by atoms with van der Waals surface area (Å²) in [6, 6.07) is 1.48. The number of rotatable bonds is 5. The van der Waals surface area contributed by atoms with Gasteiger partial charge in [0, 0.05) is 24.8 Å². The van der Waals surface area contributed by atoms with E-state index in [1.807, 2.05) is 6.92 Å². The van der Waals surface area contributed by atoms with Gasteiger partial charge in [-0.05, 0) is 19.8 Å². The zero-order valence-electron chi connectivity index (χ0n) is 11.7. The second kappa shape index (κ2) is 6.02. The van der Waals surface area contributed by atoms with E-state index >= 15 is 0 Å². The third kappa shape index (κ3) is 3.44. The molecule has 20 heavy (non-hydrogen) atoms. The Morgan fingerprint density at radius 2 is 2.25 bits per heavy atom. The zero-order chi connectivity index (χ0) is 14.8. The monoisotopic (exact) mass is 300 g/mol. The number of hydrogen-bond donors (Lipinski definition) is 2. The van der Waals surface area contributed by atoms with Crippen LogP contribution in [0.15, 0.2) is 6.07 Å². The minimum absolute atomic E-state index is 0.0112. The smallest absolute Gasteiger partial charge is 0.211 e. The summed E-state index contributed by atoms with van der Waals surface area (Å²) in [5.74, 6) is 1.13. The van der Waals surface area contributed by atoms with E-state index in [1.54, 1.807) is 6.07 Å². The van der Waals surface area contributed by atoms with Crippen molar-refractivity contribution in [3.05, 3.63) is 17.6 Å². The van der Waals surface area contributed by atoms with Gasteiger partial charge < -0.3 is 10.4 Å². The van der Waals surface area contributed by atoms with Gasteiger partial charge in [0.1, 0.15) is 11.6 Å². The fourth-order valence-corrected chi connectivity index (χ4v) is 3.53. The highest BCUT2D eigenvalue weighted by Gasteiger charge is 2.34. The van der Waals surface area contributed by atoms with Crippen LogP contribution < -0.4 is 5.32 Å². The van der Waals surface area contributed by atoms with Gasteiger partial charge in [0.25, 0.3) is 0 Å². The molecule has 1 aliphatic rings. The lowest BCUT2D eigenvalue weighted by Crippen LogP contribution is -2.30. The second-order valence-electron chi connectivity index (χ2n) is 4.93. The Balaban J connectivity index is 2.29. The Hall–Kier alpha value is -1.25. The highest BCUT2D eigenvalue weighted by molar-refractivity contribution is 7.88. The average Bonchev–Trinajstić information content (AvgIpc) is 2.84. The van der Waals surface area contributed by atoms with Gasteiger partial charge in [0.2, 0.25) is 10.0 Å². The Morgan fingerprint density at radius 1 is 1.50 bits per heavy atom. The van der Waals surface area contributed by atoms with Crippen molar-refractivity contribution in [1.82, 2.24) is 14.3 Å². The second-order valence-corrected chi connectivity index (χ2v) is 6.87. The summed E-state index contributed by atoms with van der Waals surface area (Å²) in [6.07, 6.45) is 2.76. The van der Waals surface area contributed by atoms with E-state index in [2.05, 4.69) is 15.3 Å². The number of hydrogen-bond acceptors (Lipinski definition) is 6. The SMILES string of the molecule is Cc1cc(NCCO)nc([C@@H]2CCCN2S(C)(=O)=O)n1. The molecule has 1 aromatic heterocycles. The van der Waals surface area contributed by atoms with Gasteiger partial charge in [-0.1, -0.05) is 0 Å². The van der Waals surface area contributed by atoms with E-state index in [9.17, 15) is 8.42 Å². The van der Waals surface area contributed by atoms with Crippen molar-refractivity contribution in [1.29, 1.82) is 0 Å². The molecule has 1 fully saturated rings. The number of nitrogens with one attached hydrogen (secondary N) is 1. The predicted octanol–water partition coefficient (Wildman–Crippen LogP) is 0.286. The topological polar surface area (TPSA) is 95.4 Å². The number of aliphatic hydroxyl groups excluding tert-OH is 1. The van der Waals surface area contributed by atoms with Crippen LogP contribution in [0.2, 0.25) is 0 Å². The van der Waals surface area contributed by atoms with Gasteiger partial charge in [0.15, 0.2) is 0 Å². The van der Waals surface area contributed by atoms with E-state index < -0.39 is 10.0 Å². The van der Waals surface area contributed by atoms with Crippen molar-refractivity contribution >= 4 is 15.8 Å². The molecule has 1 saturated heterocycles. The van der Waals surface area contributed by atoms with Crippen LogP contribution in [0, 0.1) is 6.92 Å². The fraction of sp³-hybridized carbons (Fsp3) is 0.667. The van der Waals surface area contributed by atoms with Crippen LogP contribution in [-0.2, 0) is 10.0 Å². The minimum atomic E-state index is -3.25. The number of anilines is 1. The third-order valence-electron chi connectivity index (χ3n) is 3.22. The van der Waals surface area contributed by atoms with Gasteiger partial charge in [0.05, 0.1) is 18.9 Å². The van der Waals surface area contributed by atoms with Crippen molar-refractivity contribution in [2.24, 2.45) is 0 Å². The fourth-order valence-electron chi connectivity index (χ4n) is 2.41. The first kappa shape index (κ1) is 15.1. The summed E-state index contributed by atoms with van der Waals surface area (Å²) in [7, 11) is -3.25. The van der Waals surface area contributed by atoms with E-state index in [-0.39, 0.29) is 12.6 Å². The van der Waals surface area contributed by atoms with Gasteiger partial charge in [-0.25, -0.2) is 18.4 Å². The molecule has 0 saturated carbocycles. The Kier molecular flexibility index (Phi) is 4.56. The van der Waals surface area contributed by atoms with Crippen LogP contribution in [0.3, 0.4) is 0 Å². The molecule has 2 rings (SSSR count). The average molecular weight is 300 g/mol. The highest BCUT2D eigenvalue weighted by atomic mass is 32.2. The first-order valence-corrected chi connectivity index (χ1v) is 8.44. The normalized spacial score (nSPS) is 20.2. The molecule has 2 N–H and O–H groups in total. The van der Waals surface area contributed by atoms with Crippen molar-refractivity contribution in [3.63, 3.8) is 0 Å². The van der Waals surface area contributed by atoms with Gasteiger partial charge in [-0.3, -0.25) is 0 Å². The molecule has 0 bridgehead atoms. The first-order valence-electron chi connectivity index (χ1n) is 6.59. The molecule has 0 aromatic carbocycles. The van der Waals surface area contributed by atoms with Crippen LogP contribution in [0.4, 0.5) is 5.82 Å². The molecule has 7 nitrogen and oxygen atoms in total. The van der Waals surface area contributed by atoms with Crippen molar-refractivity contribution in [2.45, 2.75) is 25.8 Å². The highest BCUT2D eigenvalue weighted by Crippen LogP contribution is 2.32. The van der Waals surface area contributed by atoms with Crippen molar-refractivity contribution < 1.29 is 13.5 Å². The van der Waals surface area contributed by atoms with Gasteiger partial charge >= 0.3 is 0 Å². The molecule has 0 aliphatic carbocycles. The largest absolute Gasteiger partial charge is 0.395 e. The summed E-state index contributed by atoms with van der Waals surface area (Å²) in [5.41, 5.74) is 0.774. The molecule has 0 spiro atoms. The molecule has 1 aromatic rings. The molecule has 0 amide bonds. The van der Waals surface area contributed by atoms with Gasteiger partial charge in [-0.15, -0.1) is 0 Å². The van der Waals surface area contributed by atoms with E-state index in [0.717, 1.165) is 18.5 Å². The van der Waals surface area contributed by atoms with Crippen LogP contribution >= 0.6 is 0 Å². The maximum absolute atomic E-state index is 11.8. The maximum atomic E-state index is 11.8. The van der Waals surface area contributed by atoms with E-state index in [0.29, 0.717) is 24.7 Å². The molecule has 8 heteroatoms. The van der Waals surface area contributed by atoms with Crippen molar-refractivity contribution in [3.8, 4) is 0 Å². The van der Waals surface area contributed by atoms with Crippen LogP contribution in [-0.4, -0.2) is 53.7 Å². The quantitative estimate of drug-likeness (QED) is 0.811. The summed E-state index contributed by atoms with van der Waals surface area (Å²) in [4.78, 5) is 8.75. The van der Waals surface area contributed by atoms with Crippen molar-refractivity contribution in [2.75, 3.05) is 31.3 Å². The molecular weight excluding hydrogens is 280 g/mol. The van der Waals surface area contributed by atoms with Gasteiger partial charge in [-0.2, -0.15) is 4.31 Å². The predicted molar refractivity (Wildman–Crippen MR) is 75.9 cm³/mol. The van der Waals surface area contributed by atoms with E-state index in [4.69, 9.17) is 5.11 Å². The molecule has 1 atom stereocenters. The molecule has 0 radical (unpaired) electrons. The van der Waals surface area contributed by atoms with Crippen LogP contribution in [0.25, 0.3) is 0 Å². The summed E-state index contributed by atoms with van der Waals surface area (Å²) < 4.78 is 25.0. The lowest BCUT2D eigenvalue weighted by atomic mass is 10.2. The number of aliphatic hydroxyl groups is 1. The minimum Gasteiger partial charge on any atom is -0.395 e. The van der Waals surface area contributed by atoms with Crippen LogP contribution in [0.1, 0.15) is 30.4 Å².